The lowest BCUT2D eigenvalue weighted by molar-refractivity contribution is -0.151. The quantitative estimate of drug-likeness (QED) is 0.873. The SMILES string of the molecule is COCC1(C(=O)O)CCN(C(=O)c2cn(-c3cccc(C)c3)nn2)C1. The number of aromatic nitrogens is 3. The third kappa shape index (κ3) is 3.25. The maximum absolute atomic E-state index is 12.6. The summed E-state index contributed by atoms with van der Waals surface area (Å²) in [5.74, 6) is -1.27. The van der Waals surface area contributed by atoms with E-state index >= 15 is 0 Å². The maximum atomic E-state index is 12.6. The van der Waals surface area contributed by atoms with E-state index in [1.54, 1.807) is 6.20 Å². The summed E-state index contributed by atoms with van der Waals surface area (Å²) in [6.07, 6.45) is 1.92. The number of aryl methyl sites for hydroxylation is 1. The fourth-order valence-electron chi connectivity index (χ4n) is 3.10. The van der Waals surface area contributed by atoms with Crippen molar-refractivity contribution in [1.29, 1.82) is 0 Å². The van der Waals surface area contributed by atoms with Gasteiger partial charge in [-0.15, -0.1) is 5.10 Å². The number of carbonyl (C=O) groups excluding carboxylic acids is 1. The van der Waals surface area contributed by atoms with Crippen LogP contribution in [0, 0.1) is 12.3 Å². The molecule has 8 nitrogen and oxygen atoms in total. The van der Waals surface area contributed by atoms with Crippen molar-refractivity contribution in [3.8, 4) is 5.69 Å². The number of hydrogen-bond acceptors (Lipinski definition) is 5. The van der Waals surface area contributed by atoms with E-state index in [4.69, 9.17) is 4.74 Å². The molecular formula is C17H20N4O4. The van der Waals surface area contributed by atoms with Gasteiger partial charge in [0.25, 0.3) is 5.91 Å². The first-order chi connectivity index (χ1) is 11.9. The van der Waals surface area contributed by atoms with Crippen LogP contribution in [0.2, 0.25) is 0 Å². The minimum Gasteiger partial charge on any atom is -0.481 e. The number of rotatable bonds is 5. The molecule has 0 bridgehead atoms. The molecule has 1 amide bonds. The zero-order valence-electron chi connectivity index (χ0n) is 14.2. The highest BCUT2D eigenvalue weighted by molar-refractivity contribution is 5.93. The highest BCUT2D eigenvalue weighted by Crippen LogP contribution is 2.32. The maximum Gasteiger partial charge on any atom is 0.313 e. The largest absolute Gasteiger partial charge is 0.481 e. The van der Waals surface area contributed by atoms with E-state index in [1.165, 1.54) is 16.7 Å². The number of likely N-dealkylation sites (tertiary alicyclic amines) is 1. The molecule has 0 saturated carbocycles. The number of aliphatic carboxylic acids is 1. The van der Waals surface area contributed by atoms with E-state index in [0.29, 0.717) is 13.0 Å². The molecule has 8 heteroatoms. The number of amides is 1. The highest BCUT2D eigenvalue weighted by Gasteiger charge is 2.46. The van der Waals surface area contributed by atoms with Gasteiger partial charge in [-0.25, -0.2) is 4.68 Å². The molecule has 1 aliphatic heterocycles. The number of nitrogens with zero attached hydrogens (tertiary/aromatic N) is 4. The molecule has 1 aliphatic rings. The van der Waals surface area contributed by atoms with Gasteiger partial charge in [0.05, 0.1) is 18.5 Å². The Morgan fingerprint density at radius 1 is 1.40 bits per heavy atom. The molecular weight excluding hydrogens is 324 g/mol. The highest BCUT2D eigenvalue weighted by atomic mass is 16.5. The Hall–Kier alpha value is -2.74. The smallest absolute Gasteiger partial charge is 0.313 e. The molecule has 1 unspecified atom stereocenters. The van der Waals surface area contributed by atoms with Gasteiger partial charge >= 0.3 is 5.97 Å². The Bertz CT molecular complexity index is 803. The van der Waals surface area contributed by atoms with Gasteiger partial charge < -0.3 is 14.7 Å². The lowest BCUT2D eigenvalue weighted by atomic mass is 9.88. The summed E-state index contributed by atoms with van der Waals surface area (Å²) in [6, 6.07) is 7.69. The van der Waals surface area contributed by atoms with E-state index < -0.39 is 11.4 Å². The average molecular weight is 344 g/mol. The van der Waals surface area contributed by atoms with Crippen molar-refractivity contribution in [2.45, 2.75) is 13.3 Å². The number of methoxy groups -OCH3 is 1. The second-order valence-electron chi connectivity index (χ2n) is 6.38. The summed E-state index contributed by atoms with van der Waals surface area (Å²) in [6.45, 7) is 2.50. The molecule has 1 fully saturated rings. The van der Waals surface area contributed by atoms with Crippen molar-refractivity contribution in [3.05, 3.63) is 41.7 Å². The summed E-state index contributed by atoms with van der Waals surface area (Å²) < 4.78 is 6.58. The van der Waals surface area contributed by atoms with Crippen molar-refractivity contribution in [2.75, 3.05) is 26.8 Å². The number of ether oxygens (including phenoxy) is 1. The van der Waals surface area contributed by atoms with Crippen LogP contribution in [0.4, 0.5) is 0 Å². The molecule has 0 radical (unpaired) electrons. The Balaban J connectivity index is 1.77. The standard InChI is InChI=1S/C17H20N4O4/c1-12-4-3-5-13(8-12)21-9-14(18-19-21)15(22)20-7-6-17(10-20,11-25-2)16(23)24/h3-5,8-9H,6-7,10-11H2,1-2H3,(H,23,24). The molecule has 25 heavy (non-hydrogen) atoms. The minimum absolute atomic E-state index is 0.0715. The monoisotopic (exact) mass is 344 g/mol. The molecule has 0 aliphatic carbocycles. The fraction of sp³-hybridized carbons (Fsp3) is 0.412. The van der Waals surface area contributed by atoms with Crippen LogP contribution in [0.3, 0.4) is 0 Å². The van der Waals surface area contributed by atoms with Crippen LogP contribution in [0.1, 0.15) is 22.5 Å². The minimum atomic E-state index is -1.06. The molecule has 3 rings (SSSR count). The summed E-state index contributed by atoms with van der Waals surface area (Å²) >= 11 is 0. The second-order valence-corrected chi connectivity index (χ2v) is 6.38. The lowest BCUT2D eigenvalue weighted by Gasteiger charge is -2.23. The summed E-state index contributed by atoms with van der Waals surface area (Å²) in [5.41, 5.74) is 1.02. The van der Waals surface area contributed by atoms with E-state index in [0.717, 1.165) is 11.3 Å². The summed E-state index contributed by atoms with van der Waals surface area (Å²) in [7, 11) is 1.46. The normalized spacial score (nSPS) is 20.0. The fourth-order valence-corrected chi connectivity index (χ4v) is 3.10. The van der Waals surface area contributed by atoms with Gasteiger partial charge in [0.15, 0.2) is 5.69 Å². The van der Waals surface area contributed by atoms with E-state index in [1.807, 2.05) is 31.2 Å². The van der Waals surface area contributed by atoms with Crippen LogP contribution in [-0.4, -0.2) is 63.7 Å². The average Bonchev–Trinajstić information content (AvgIpc) is 3.23. The molecule has 1 saturated heterocycles. The molecule has 1 aromatic carbocycles. The van der Waals surface area contributed by atoms with Crippen LogP contribution < -0.4 is 0 Å². The van der Waals surface area contributed by atoms with Crippen LogP contribution in [-0.2, 0) is 9.53 Å². The molecule has 132 valence electrons. The molecule has 0 spiro atoms. The van der Waals surface area contributed by atoms with Crippen molar-refractivity contribution in [1.82, 2.24) is 19.9 Å². The van der Waals surface area contributed by atoms with Gasteiger partial charge in [0.1, 0.15) is 5.41 Å². The van der Waals surface area contributed by atoms with Crippen LogP contribution >= 0.6 is 0 Å². The van der Waals surface area contributed by atoms with Crippen LogP contribution in [0.25, 0.3) is 5.69 Å². The second kappa shape index (κ2) is 6.64. The van der Waals surface area contributed by atoms with Crippen molar-refractivity contribution in [3.63, 3.8) is 0 Å². The zero-order valence-corrected chi connectivity index (χ0v) is 14.2. The van der Waals surface area contributed by atoms with Crippen LogP contribution in [0.15, 0.2) is 30.5 Å². The third-order valence-corrected chi connectivity index (χ3v) is 4.49. The van der Waals surface area contributed by atoms with Gasteiger partial charge in [-0.2, -0.15) is 0 Å². The molecule has 1 atom stereocenters. The Kier molecular flexibility index (Phi) is 4.54. The number of benzene rings is 1. The first-order valence-corrected chi connectivity index (χ1v) is 7.96. The van der Waals surface area contributed by atoms with Gasteiger partial charge in [0.2, 0.25) is 0 Å². The predicted octanol–water partition coefficient (Wildman–Crippen LogP) is 1.14. The molecule has 2 heterocycles. The van der Waals surface area contributed by atoms with Gasteiger partial charge in [-0.05, 0) is 31.0 Å². The Morgan fingerprint density at radius 2 is 2.20 bits per heavy atom. The van der Waals surface area contributed by atoms with Gasteiger partial charge in [-0.1, -0.05) is 17.3 Å². The Morgan fingerprint density at radius 3 is 2.88 bits per heavy atom. The first-order valence-electron chi connectivity index (χ1n) is 7.96. The molecule has 2 aromatic rings. The molecule has 1 aromatic heterocycles. The summed E-state index contributed by atoms with van der Waals surface area (Å²) in [4.78, 5) is 25.7. The number of hydrogen-bond donors (Lipinski definition) is 1. The van der Waals surface area contributed by atoms with E-state index in [-0.39, 0.29) is 24.8 Å². The predicted molar refractivity (Wildman–Crippen MR) is 88.6 cm³/mol. The molecule has 1 N–H and O–H groups in total. The van der Waals surface area contributed by atoms with E-state index in [9.17, 15) is 14.7 Å². The van der Waals surface area contributed by atoms with Crippen LogP contribution in [0.5, 0.6) is 0 Å². The van der Waals surface area contributed by atoms with Crippen molar-refractivity contribution in [2.24, 2.45) is 5.41 Å². The lowest BCUT2D eigenvalue weighted by Crippen LogP contribution is -2.40. The number of carbonyl (C=O) groups is 2. The zero-order chi connectivity index (χ0) is 18.0. The van der Waals surface area contributed by atoms with E-state index in [2.05, 4.69) is 10.3 Å². The Labute approximate surface area is 145 Å². The number of carboxylic acid groups (broad SMARTS) is 1. The van der Waals surface area contributed by atoms with Gasteiger partial charge in [0, 0.05) is 20.2 Å². The van der Waals surface area contributed by atoms with Crippen molar-refractivity contribution < 1.29 is 19.4 Å². The first kappa shape index (κ1) is 17.1. The summed E-state index contributed by atoms with van der Waals surface area (Å²) in [5, 5.41) is 17.4. The third-order valence-electron chi connectivity index (χ3n) is 4.49. The topological polar surface area (TPSA) is 97.6 Å². The van der Waals surface area contributed by atoms with Crippen molar-refractivity contribution >= 4 is 11.9 Å². The number of carboxylic acids is 1. The van der Waals surface area contributed by atoms with Gasteiger partial charge in [-0.3, -0.25) is 9.59 Å².